The van der Waals surface area contributed by atoms with Crippen LogP contribution in [0.25, 0.3) is 0 Å². The maximum absolute atomic E-state index is 12.5. The van der Waals surface area contributed by atoms with E-state index in [0.717, 1.165) is 19.5 Å². The van der Waals surface area contributed by atoms with Crippen molar-refractivity contribution in [2.45, 2.75) is 65.3 Å². The van der Waals surface area contributed by atoms with Crippen molar-refractivity contribution < 1.29 is 9.53 Å². The predicted octanol–water partition coefficient (Wildman–Crippen LogP) is 1.64. The summed E-state index contributed by atoms with van der Waals surface area (Å²) in [5, 5.41) is 3.19. The zero-order chi connectivity index (χ0) is 14.2. The highest BCUT2D eigenvalue weighted by molar-refractivity contribution is 5.82. The Morgan fingerprint density at radius 3 is 2.16 bits per heavy atom. The number of carbonyl (C=O) groups excluding carboxylic acids is 1. The van der Waals surface area contributed by atoms with Gasteiger partial charge in [-0.3, -0.25) is 9.69 Å². The second-order valence-electron chi connectivity index (χ2n) is 6.73. The number of amides is 1. The summed E-state index contributed by atoms with van der Waals surface area (Å²) in [7, 11) is 0. The van der Waals surface area contributed by atoms with E-state index in [1.54, 1.807) is 0 Å². The fourth-order valence-corrected chi connectivity index (χ4v) is 3.13. The van der Waals surface area contributed by atoms with Crippen LogP contribution in [-0.2, 0) is 9.53 Å². The van der Waals surface area contributed by atoms with Crippen LogP contribution in [-0.4, -0.2) is 48.2 Å². The van der Waals surface area contributed by atoms with Crippen LogP contribution in [0.5, 0.6) is 0 Å². The van der Waals surface area contributed by atoms with Gasteiger partial charge < -0.3 is 10.1 Å². The van der Waals surface area contributed by atoms with Crippen LogP contribution in [0, 0.1) is 11.8 Å². The molecule has 0 radical (unpaired) electrons. The lowest BCUT2D eigenvalue weighted by Gasteiger charge is -2.41. The molecule has 5 atom stereocenters. The van der Waals surface area contributed by atoms with Crippen molar-refractivity contribution in [2.24, 2.45) is 11.8 Å². The molecule has 1 aliphatic heterocycles. The van der Waals surface area contributed by atoms with Crippen molar-refractivity contribution in [3.63, 3.8) is 0 Å². The summed E-state index contributed by atoms with van der Waals surface area (Å²) in [5.41, 5.74) is 0. The molecule has 2 fully saturated rings. The van der Waals surface area contributed by atoms with Crippen LogP contribution < -0.4 is 5.32 Å². The number of morpholine rings is 1. The van der Waals surface area contributed by atoms with Gasteiger partial charge in [0.2, 0.25) is 5.91 Å². The summed E-state index contributed by atoms with van der Waals surface area (Å²) in [5.74, 6) is 1.18. The molecular weight excluding hydrogens is 240 g/mol. The highest BCUT2D eigenvalue weighted by atomic mass is 16.5. The van der Waals surface area contributed by atoms with E-state index in [9.17, 15) is 4.79 Å². The molecule has 0 aromatic rings. The number of ether oxygens (including phenoxy) is 1. The van der Waals surface area contributed by atoms with Crippen LogP contribution >= 0.6 is 0 Å². The first-order chi connectivity index (χ1) is 8.88. The van der Waals surface area contributed by atoms with Crippen molar-refractivity contribution in [1.82, 2.24) is 10.2 Å². The molecule has 0 spiro atoms. The third-order valence-electron chi connectivity index (χ3n) is 4.18. The van der Waals surface area contributed by atoms with Crippen LogP contribution in [0.15, 0.2) is 0 Å². The van der Waals surface area contributed by atoms with Gasteiger partial charge in [0.25, 0.3) is 0 Å². The molecule has 4 heteroatoms. The highest BCUT2D eigenvalue weighted by Crippen LogP contribution is 2.29. The molecule has 5 unspecified atom stereocenters. The lowest BCUT2D eigenvalue weighted by atomic mass is 9.99. The minimum Gasteiger partial charge on any atom is -0.373 e. The minimum atomic E-state index is -0.0263. The predicted molar refractivity (Wildman–Crippen MR) is 75.9 cm³/mol. The lowest BCUT2D eigenvalue weighted by molar-refractivity contribution is -0.135. The molecule has 1 amide bonds. The summed E-state index contributed by atoms with van der Waals surface area (Å²) < 4.78 is 5.76. The molecule has 1 N–H and O–H groups in total. The van der Waals surface area contributed by atoms with Crippen molar-refractivity contribution in [2.75, 3.05) is 13.1 Å². The number of rotatable bonds is 4. The standard InChI is InChI=1S/C15H28N2O2/c1-9(2)14(15(18)16-13-6-10(13)3)17-7-11(4)19-12(5)8-17/h9-14H,6-8H2,1-5H3,(H,16,18). The molecule has 1 saturated heterocycles. The van der Waals surface area contributed by atoms with Crippen molar-refractivity contribution in [3.05, 3.63) is 0 Å². The molecule has 1 saturated carbocycles. The van der Waals surface area contributed by atoms with Crippen LogP contribution in [0.1, 0.15) is 41.0 Å². The molecule has 19 heavy (non-hydrogen) atoms. The van der Waals surface area contributed by atoms with Crippen LogP contribution in [0.4, 0.5) is 0 Å². The van der Waals surface area contributed by atoms with Gasteiger partial charge >= 0.3 is 0 Å². The molecule has 110 valence electrons. The number of hydrogen-bond donors (Lipinski definition) is 1. The van der Waals surface area contributed by atoms with E-state index in [1.807, 2.05) is 0 Å². The Balaban J connectivity index is 1.99. The maximum atomic E-state index is 12.5. The summed E-state index contributed by atoms with van der Waals surface area (Å²) in [6.45, 7) is 12.3. The van der Waals surface area contributed by atoms with Crippen molar-refractivity contribution >= 4 is 5.91 Å². The molecule has 1 aliphatic carbocycles. The van der Waals surface area contributed by atoms with Crippen molar-refractivity contribution in [1.29, 1.82) is 0 Å². The number of nitrogens with zero attached hydrogens (tertiary/aromatic N) is 1. The van der Waals surface area contributed by atoms with E-state index < -0.39 is 0 Å². The molecule has 4 nitrogen and oxygen atoms in total. The monoisotopic (exact) mass is 268 g/mol. The van der Waals surface area contributed by atoms with Crippen LogP contribution in [0.2, 0.25) is 0 Å². The van der Waals surface area contributed by atoms with Gasteiger partial charge in [-0.15, -0.1) is 0 Å². The Labute approximate surface area is 116 Å². The summed E-state index contributed by atoms with van der Waals surface area (Å²) in [6.07, 6.45) is 1.54. The topological polar surface area (TPSA) is 41.6 Å². The summed E-state index contributed by atoms with van der Waals surface area (Å²) >= 11 is 0. The maximum Gasteiger partial charge on any atom is 0.237 e. The van der Waals surface area contributed by atoms with E-state index in [1.165, 1.54) is 0 Å². The van der Waals surface area contributed by atoms with Gasteiger partial charge in [-0.25, -0.2) is 0 Å². The Hall–Kier alpha value is -0.610. The van der Waals surface area contributed by atoms with E-state index in [0.29, 0.717) is 17.9 Å². The van der Waals surface area contributed by atoms with Crippen LogP contribution in [0.3, 0.4) is 0 Å². The van der Waals surface area contributed by atoms with E-state index in [4.69, 9.17) is 4.74 Å². The fraction of sp³-hybridized carbons (Fsp3) is 0.933. The average molecular weight is 268 g/mol. The largest absolute Gasteiger partial charge is 0.373 e. The van der Waals surface area contributed by atoms with Gasteiger partial charge in [-0.1, -0.05) is 20.8 Å². The van der Waals surface area contributed by atoms with E-state index in [2.05, 4.69) is 44.8 Å². The first-order valence-corrected chi connectivity index (χ1v) is 7.58. The second-order valence-corrected chi connectivity index (χ2v) is 6.73. The van der Waals surface area contributed by atoms with Gasteiger partial charge in [0.15, 0.2) is 0 Å². The zero-order valence-corrected chi connectivity index (χ0v) is 12.8. The lowest BCUT2D eigenvalue weighted by Crippen LogP contribution is -2.57. The number of hydrogen-bond acceptors (Lipinski definition) is 3. The SMILES string of the molecule is CC1CN(C(C(=O)NC2CC2C)C(C)C)CC(C)O1. The van der Waals surface area contributed by atoms with Gasteiger partial charge in [0.1, 0.15) is 0 Å². The Morgan fingerprint density at radius 1 is 1.21 bits per heavy atom. The average Bonchev–Trinajstić information content (AvgIpc) is 2.91. The second kappa shape index (κ2) is 5.80. The molecule has 0 aromatic carbocycles. The Kier molecular flexibility index (Phi) is 4.51. The molecular formula is C15H28N2O2. The minimum absolute atomic E-state index is 0.0263. The molecule has 2 aliphatic rings. The third kappa shape index (κ3) is 3.69. The Bertz CT molecular complexity index is 322. The third-order valence-corrected chi connectivity index (χ3v) is 4.18. The van der Waals surface area contributed by atoms with Gasteiger partial charge in [0.05, 0.1) is 18.2 Å². The zero-order valence-electron chi connectivity index (χ0n) is 12.8. The quantitative estimate of drug-likeness (QED) is 0.843. The smallest absolute Gasteiger partial charge is 0.237 e. The number of nitrogens with one attached hydrogen (secondary N) is 1. The fourth-order valence-electron chi connectivity index (χ4n) is 3.13. The van der Waals surface area contributed by atoms with Gasteiger partial charge in [-0.2, -0.15) is 0 Å². The molecule has 1 heterocycles. The van der Waals surface area contributed by atoms with Gasteiger partial charge in [-0.05, 0) is 32.1 Å². The highest BCUT2D eigenvalue weighted by Gasteiger charge is 2.39. The van der Waals surface area contributed by atoms with Gasteiger partial charge in [0, 0.05) is 19.1 Å². The summed E-state index contributed by atoms with van der Waals surface area (Å²) in [6, 6.07) is 0.381. The molecule has 2 rings (SSSR count). The first kappa shape index (κ1) is 14.8. The molecule has 0 bridgehead atoms. The molecule has 0 aromatic heterocycles. The van der Waals surface area contributed by atoms with E-state index >= 15 is 0 Å². The van der Waals surface area contributed by atoms with E-state index in [-0.39, 0.29) is 24.2 Å². The first-order valence-electron chi connectivity index (χ1n) is 7.58. The summed E-state index contributed by atoms with van der Waals surface area (Å²) in [4.78, 5) is 14.8. The van der Waals surface area contributed by atoms with Crippen molar-refractivity contribution in [3.8, 4) is 0 Å². The Morgan fingerprint density at radius 2 is 1.74 bits per heavy atom. The number of carbonyl (C=O) groups is 1. The normalized spacial score (nSPS) is 37.2.